The molecule has 0 spiro atoms. The number of rotatable bonds is 4. The predicted molar refractivity (Wildman–Crippen MR) is 74.0 cm³/mol. The van der Waals surface area contributed by atoms with Gasteiger partial charge in [-0.1, -0.05) is 0 Å². The summed E-state index contributed by atoms with van der Waals surface area (Å²) in [6, 6.07) is 9.67. The van der Waals surface area contributed by atoms with Gasteiger partial charge in [-0.25, -0.2) is 4.39 Å². The zero-order valence-electron chi connectivity index (χ0n) is 11.0. The zero-order chi connectivity index (χ0) is 15.4. The summed E-state index contributed by atoms with van der Waals surface area (Å²) in [7, 11) is 1.45. The van der Waals surface area contributed by atoms with E-state index in [0.29, 0.717) is 5.75 Å². The maximum atomic E-state index is 13.7. The van der Waals surface area contributed by atoms with E-state index in [1.165, 1.54) is 37.4 Å². The highest BCUT2D eigenvalue weighted by atomic mass is 19.1. The number of non-ortho nitro benzene ring substituents is 1. The highest BCUT2D eigenvalue weighted by molar-refractivity contribution is 5.69. The fraction of sp³-hybridized carbons (Fsp3) is 0.0714. The Labute approximate surface area is 119 Å². The van der Waals surface area contributed by atoms with Crippen molar-refractivity contribution in [3.8, 4) is 11.8 Å². The van der Waals surface area contributed by atoms with Crippen LogP contribution in [0.3, 0.4) is 0 Å². The molecule has 7 heteroatoms. The van der Waals surface area contributed by atoms with Crippen molar-refractivity contribution in [3.63, 3.8) is 0 Å². The van der Waals surface area contributed by atoms with E-state index in [2.05, 4.69) is 5.32 Å². The lowest BCUT2D eigenvalue weighted by molar-refractivity contribution is -0.384. The molecular weight excluding hydrogens is 277 g/mol. The number of ether oxygens (including phenoxy) is 1. The number of hydrogen-bond donors (Lipinski definition) is 1. The van der Waals surface area contributed by atoms with Gasteiger partial charge in [-0.15, -0.1) is 0 Å². The average Bonchev–Trinajstić information content (AvgIpc) is 2.49. The molecule has 0 amide bonds. The van der Waals surface area contributed by atoms with Crippen LogP contribution in [0.15, 0.2) is 36.4 Å². The lowest BCUT2D eigenvalue weighted by Crippen LogP contribution is -1.98. The van der Waals surface area contributed by atoms with Crippen LogP contribution in [-0.4, -0.2) is 12.0 Å². The first-order valence-electron chi connectivity index (χ1n) is 5.84. The molecule has 0 aliphatic carbocycles. The monoisotopic (exact) mass is 287 g/mol. The van der Waals surface area contributed by atoms with Gasteiger partial charge in [0, 0.05) is 18.2 Å². The quantitative estimate of drug-likeness (QED) is 0.688. The van der Waals surface area contributed by atoms with Gasteiger partial charge in [-0.05, 0) is 18.2 Å². The SMILES string of the molecule is COc1ccc(F)c(Nc2ccc([N+](=O)[O-])cc2C#N)c1. The van der Waals surface area contributed by atoms with Gasteiger partial charge in [-0.3, -0.25) is 10.1 Å². The Balaban J connectivity index is 2.40. The summed E-state index contributed by atoms with van der Waals surface area (Å²) >= 11 is 0. The van der Waals surface area contributed by atoms with Crippen LogP contribution >= 0.6 is 0 Å². The molecule has 2 aromatic rings. The number of halogens is 1. The van der Waals surface area contributed by atoms with Gasteiger partial charge in [0.15, 0.2) is 0 Å². The first-order chi connectivity index (χ1) is 10.0. The van der Waals surface area contributed by atoms with E-state index in [9.17, 15) is 14.5 Å². The van der Waals surface area contributed by atoms with Crippen LogP contribution in [-0.2, 0) is 0 Å². The Morgan fingerprint density at radius 2 is 2.05 bits per heavy atom. The third kappa shape index (κ3) is 3.06. The Hall–Kier alpha value is -3.14. The molecule has 0 unspecified atom stereocenters. The van der Waals surface area contributed by atoms with Gasteiger partial charge in [0.2, 0.25) is 0 Å². The second-order valence-electron chi connectivity index (χ2n) is 4.07. The van der Waals surface area contributed by atoms with E-state index < -0.39 is 10.7 Å². The largest absolute Gasteiger partial charge is 0.497 e. The van der Waals surface area contributed by atoms with Crippen LogP contribution in [0, 0.1) is 27.3 Å². The van der Waals surface area contributed by atoms with Crippen LogP contribution in [0.25, 0.3) is 0 Å². The molecule has 0 aliphatic rings. The molecule has 0 fully saturated rings. The summed E-state index contributed by atoms with van der Waals surface area (Å²) in [4.78, 5) is 10.1. The smallest absolute Gasteiger partial charge is 0.270 e. The van der Waals surface area contributed by atoms with Crippen LogP contribution < -0.4 is 10.1 Å². The van der Waals surface area contributed by atoms with Crippen molar-refractivity contribution >= 4 is 17.1 Å². The van der Waals surface area contributed by atoms with Gasteiger partial charge in [0.25, 0.3) is 5.69 Å². The van der Waals surface area contributed by atoms with E-state index >= 15 is 0 Å². The molecule has 2 rings (SSSR count). The molecule has 21 heavy (non-hydrogen) atoms. The average molecular weight is 287 g/mol. The molecule has 1 N–H and O–H groups in total. The fourth-order valence-corrected chi connectivity index (χ4v) is 1.72. The van der Waals surface area contributed by atoms with Gasteiger partial charge in [-0.2, -0.15) is 5.26 Å². The summed E-state index contributed by atoms with van der Waals surface area (Å²) < 4.78 is 18.7. The summed E-state index contributed by atoms with van der Waals surface area (Å²) in [6.45, 7) is 0. The van der Waals surface area contributed by atoms with Crippen LogP contribution in [0.2, 0.25) is 0 Å². The Morgan fingerprint density at radius 3 is 2.67 bits per heavy atom. The van der Waals surface area contributed by atoms with Crippen molar-refractivity contribution < 1.29 is 14.1 Å². The third-order valence-corrected chi connectivity index (χ3v) is 2.78. The van der Waals surface area contributed by atoms with Gasteiger partial charge in [0.05, 0.1) is 29.0 Å². The number of nitrogens with one attached hydrogen (secondary N) is 1. The fourth-order valence-electron chi connectivity index (χ4n) is 1.72. The van der Waals surface area contributed by atoms with Crippen molar-refractivity contribution in [3.05, 3.63) is 57.9 Å². The Kier molecular flexibility index (Phi) is 4.00. The summed E-state index contributed by atoms with van der Waals surface area (Å²) in [5, 5.41) is 22.4. The van der Waals surface area contributed by atoms with Crippen molar-refractivity contribution in [2.45, 2.75) is 0 Å². The lowest BCUT2D eigenvalue weighted by Gasteiger charge is -2.10. The number of hydrogen-bond acceptors (Lipinski definition) is 5. The number of nitrogens with zero attached hydrogens (tertiary/aromatic N) is 2. The maximum absolute atomic E-state index is 13.7. The minimum atomic E-state index is -0.600. The van der Waals surface area contributed by atoms with Crippen molar-refractivity contribution in [1.82, 2.24) is 0 Å². The van der Waals surface area contributed by atoms with Crippen LogP contribution in [0.1, 0.15) is 5.56 Å². The van der Waals surface area contributed by atoms with E-state index in [1.54, 1.807) is 0 Å². The molecule has 0 radical (unpaired) electrons. The molecule has 0 aliphatic heterocycles. The molecule has 0 aromatic heterocycles. The van der Waals surface area contributed by atoms with Crippen LogP contribution in [0.5, 0.6) is 5.75 Å². The highest BCUT2D eigenvalue weighted by Crippen LogP contribution is 2.28. The maximum Gasteiger partial charge on any atom is 0.270 e. The Morgan fingerprint density at radius 1 is 1.29 bits per heavy atom. The number of benzene rings is 2. The summed E-state index contributed by atoms with van der Waals surface area (Å²) in [5.74, 6) is -0.0858. The number of nitro groups is 1. The second-order valence-corrected chi connectivity index (χ2v) is 4.07. The minimum Gasteiger partial charge on any atom is -0.497 e. The standard InChI is InChI=1S/C14H10FN3O3/c1-21-11-3-4-12(15)14(7-11)17-13-5-2-10(18(19)20)6-9(13)8-16/h2-7,17H,1H3. The van der Waals surface area contributed by atoms with Gasteiger partial charge in [0.1, 0.15) is 17.6 Å². The molecule has 0 heterocycles. The van der Waals surface area contributed by atoms with Crippen LogP contribution in [0.4, 0.5) is 21.5 Å². The topological polar surface area (TPSA) is 88.2 Å². The van der Waals surface area contributed by atoms with Crippen molar-refractivity contribution in [2.24, 2.45) is 0 Å². The highest BCUT2D eigenvalue weighted by Gasteiger charge is 2.12. The van der Waals surface area contributed by atoms with Crippen molar-refractivity contribution in [1.29, 1.82) is 5.26 Å². The normalized spacial score (nSPS) is 9.76. The number of nitro benzene ring substituents is 1. The molecule has 0 bridgehead atoms. The van der Waals surface area contributed by atoms with E-state index in [0.717, 1.165) is 6.07 Å². The first kappa shape index (κ1) is 14.3. The predicted octanol–water partition coefficient (Wildman–Crippen LogP) is 3.36. The molecule has 2 aromatic carbocycles. The Bertz CT molecular complexity index is 741. The number of methoxy groups -OCH3 is 1. The van der Waals surface area contributed by atoms with Gasteiger partial charge < -0.3 is 10.1 Å². The molecule has 106 valence electrons. The third-order valence-electron chi connectivity index (χ3n) is 2.78. The molecule has 6 nitrogen and oxygen atoms in total. The molecule has 0 saturated heterocycles. The van der Waals surface area contributed by atoms with E-state index in [-0.39, 0.29) is 22.6 Å². The minimum absolute atomic E-state index is 0.0476. The number of anilines is 2. The molecule has 0 atom stereocenters. The lowest BCUT2D eigenvalue weighted by atomic mass is 10.1. The number of nitriles is 1. The van der Waals surface area contributed by atoms with Gasteiger partial charge >= 0.3 is 0 Å². The molecule has 0 saturated carbocycles. The second kappa shape index (κ2) is 5.88. The zero-order valence-corrected chi connectivity index (χ0v) is 11.0. The van der Waals surface area contributed by atoms with Crippen molar-refractivity contribution in [2.75, 3.05) is 12.4 Å². The van der Waals surface area contributed by atoms with E-state index in [1.807, 2.05) is 6.07 Å². The first-order valence-corrected chi connectivity index (χ1v) is 5.84. The summed E-state index contributed by atoms with van der Waals surface area (Å²) in [5.41, 5.74) is 0.226. The van der Waals surface area contributed by atoms with E-state index in [4.69, 9.17) is 10.00 Å². The molecular formula is C14H10FN3O3. The summed E-state index contributed by atoms with van der Waals surface area (Å²) in [6.07, 6.45) is 0.